The van der Waals surface area contributed by atoms with Gasteiger partial charge in [0, 0.05) is 41.5 Å². The molecule has 0 N–H and O–H groups in total. The van der Waals surface area contributed by atoms with E-state index in [1.54, 1.807) is 33.8 Å². The molecule has 7 heteroatoms. The van der Waals surface area contributed by atoms with E-state index in [-0.39, 0.29) is 11.4 Å². The Kier molecular flexibility index (Phi) is 5.21. The van der Waals surface area contributed by atoms with E-state index >= 15 is 0 Å². The van der Waals surface area contributed by atoms with Crippen LogP contribution in [0, 0.1) is 5.21 Å². The van der Waals surface area contributed by atoms with Gasteiger partial charge >= 0.3 is 11.5 Å². The Morgan fingerprint density at radius 2 is 1.79 bits per heavy atom. The lowest BCUT2D eigenvalue weighted by Crippen LogP contribution is -2.53. The van der Waals surface area contributed by atoms with Crippen molar-refractivity contribution < 1.29 is 14.4 Å². The molecule has 0 aliphatic carbocycles. The average molecular weight is 398 g/mol. The predicted molar refractivity (Wildman–Crippen MR) is 114 cm³/mol. The van der Waals surface area contributed by atoms with Crippen molar-refractivity contribution in [3.8, 4) is 0 Å². The number of benzene rings is 1. The van der Waals surface area contributed by atoms with Crippen LogP contribution in [0.15, 0.2) is 39.6 Å². The standard InChI is InChI=1S/C22H28N3O4/c1-7-23(8-2)17-11-9-15-13-16(20(26)29-18(15)14-17)10-12-19-24(27)21(3,4)22(5,6)25(19)28/h9-14H,7-8H2,1-6H3/b12-10+. The number of amidine groups is 1. The van der Waals surface area contributed by atoms with Gasteiger partial charge in [-0.05, 0) is 65.8 Å². The minimum atomic E-state index is -0.899. The largest absolute Gasteiger partial charge is 0.714 e. The van der Waals surface area contributed by atoms with Gasteiger partial charge in [-0.1, -0.05) is 5.06 Å². The smallest absolute Gasteiger partial charge is 0.343 e. The Balaban J connectivity index is 1.99. The van der Waals surface area contributed by atoms with Gasteiger partial charge in [0.05, 0.1) is 5.56 Å². The molecule has 1 aliphatic rings. The van der Waals surface area contributed by atoms with E-state index in [1.165, 1.54) is 12.2 Å². The molecule has 0 amide bonds. The highest BCUT2D eigenvalue weighted by Gasteiger charge is 2.58. The first-order valence-corrected chi connectivity index (χ1v) is 9.87. The molecule has 1 aromatic heterocycles. The molecule has 2 heterocycles. The topological polar surface area (TPSA) is 82.7 Å². The SMILES string of the molecule is CCN(CC)c1ccc2cc(/C=C/C3=[N+]([O-])C(C)(C)C(C)(C)N3[O])c(=O)oc2c1. The second-order valence-corrected chi connectivity index (χ2v) is 8.28. The van der Waals surface area contributed by atoms with Crippen molar-refractivity contribution in [1.82, 2.24) is 5.06 Å². The molecular weight excluding hydrogens is 370 g/mol. The van der Waals surface area contributed by atoms with Gasteiger partial charge in [0.25, 0.3) is 0 Å². The summed E-state index contributed by atoms with van der Waals surface area (Å²) < 4.78 is 6.20. The zero-order valence-corrected chi connectivity index (χ0v) is 17.9. The van der Waals surface area contributed by atoms with Crippen LogP contribution in [0.3, 0.4) is 0 Å². The van der Waals surface area contributed by atoms with Gasteiger partial charge in [-0.2, -0.15) is 0 Å². The average Bonchev–Trinajstić information content (AvgIpc) is 2.78. The predicted octanol–water partition coefficient (Wildman–Crippen LogP) is 3.78. The first-order chi connectivity index (χ1) is 13.5. The highest BCUT2D eigenvalue weighted by Crippen LogP contribution is 2.36. The Bertz CT molecular complexity index is 1050. The number of fused-ring (bicyclic) bond motifs is 1. The molecule has 7 nitrogen and oxygen atoms in total. The van der Waals surface area contributed by atoms with Gasteiger partial charge in [0.15, 0.2) is 5.54 Å². The fourth-order valence-electron chi connectivity index (χ4n) is 3.47. The Labute approximate surface area is 170 Å². The lowest BCUT2D eigenvalue weighted by Gasteiger charge is -2.32. The first-order valence-electron chi connectivity index (χ1n) is 9.87. The van der Waals surface area contributed by atoms with Crippen molar-refractivity contribution in [2.75, 3.05) is 18.0 Å². The zero-order valence-electron chi connectivity index (χ0n) is 17.9. The Morgan fingerprint density at radius 3 is 2.34 bits per heavy atom. The quantitative estimate of drug-likeness (QED) is 0.435. The third-order valence-corrected chi connectivity index (χ3v) is 6.22. The van der Waals surface area contributed by atoms with Gasteiger partial charge in [0.1, 0.15) is 11.1 Å². The molecular formula is C22H28N3O4. The number of hydrogen-bond donors (Lipinski definition) is 0. The van der Waals surface area contributed by atoms with Crippen LogP contribution in [-0.2, 0) is 5.21 Å². The summed E-state index contributed by atoms with van der Waals surface area (Å²) >= 11 is 0. The van der Waals surface area contributed by atoms with Gasteiger partial charge in [0.2, 0.25) is 0 Å². The third kappa shape index (κ3) is 3.29. The van der Waals surface area contributed by atoms with Crippen molar-refractivity contribution in [3.05, 3.63) is 51.5 Å². The third-order valence-electron chi connectivity index (χ3n) is 6.22. The van der Waals surface area contributed by atoms with Crippen LogP contribution in [0.5, 0.6) is 0 Å². The Morgan fingerprint density at radius 1 is 1.14 bits per heavy atom. The maximum atomic E-state index is 12.6. The molecule has 3 rings (SSSR count). The summed E-state index contributed by atoms with van der Waals surface area (Å²) in [5.41, 5.74) is -0.540. The summed E-state index contributed by atoms with van der Waals surface area (Å²) in [6.07, 6.45) is 2.85. The van der Waals surface area contributed by atoms with E-state index < -0.39 is 16.7 Å². The van der Waals surface area contributed by atoms with Crippen LogP contribution >= 0.6 is 0 Å². The maximum absolute atomic E-state index is 12.6. The van der Waals surface area contributed by atoms with Gasteiger partial charge in [-0.3, -0.25) is 4.74 Å². The molecule has 0 saturated carbocycles. The van der Waals surface area contributed by atoms with Crippen LogP contribution in [0.1, 0.15) is 47.1 Å². The minimum Gasteiger partial charge on any atom is -0.714 e. The molecule has 1 aliphatic heterocycles. The normalized spacial score (nSPS) is 18.2. The molecule has 0 saturated heterocycles. The van der Waals surface area contributed by atoms with E-state index in [1.807, 2.05) is 18.2 Å². The first kappa shape index (κ1) is 20.9. The number of hydrogen-bond acceptors (Lipinski definition) is 5. The second kappa shape index (κ2) is 7.22. The summed E-state index contributed by atoms with van der Waals surface area (Å²) in [5.74, 6) is -0.0311. The minimum absolute atomic E-state index is 0.0311. The lowest BCUT2D eigenvalue weighted by atomic mass is 9.84. The van der Waals surface area contributed by atoms with Crippen LogP contribution in [0.25, 0.3) is 17.0 Å². The number of anilines is 1. The fourth-order valence-corrected chi connectivity index (χ4v) is 3.47. The lowest BCUT2D eigenvalue weighted by molar-refractivity contribution is -0.539. The number of hydroxylamine groups is 3. The van der Waals surface area contributed by atoms with Gasteiger partial charge < -0.3 is 14.5 Å². The van der Waals surface area contributed by atoms with Crippen LogP contribution in [-0.4, -0.2) is 39.8 Å². The summed E-state index contributed by atoms with van der Waals surface area (Å²) in [4.78, 5) is 14.6. The van der Waals surface area contributed by atoms with E-state index in [2.05, 4.69) is 18.7 Å². The Hall–Kier alpha value is -2.80. The van der Waals surface area contributed by atoms with E-state index in [4.69, 9.17) is 4.42 Å². The molecule has 0 bridgehead atoms. The summed E-state index contributed by atoms with van der Waals surface area (Å²) in [6.45, 7) is 12.8. The van der Waals surface area contributed by atoms with E-state index in [9.17, 15) is 15.2 Å². The molecule has 1 aromatic carbocycles. The molecule has 29 heavy (non-hydrogen) atoms. The van der Waals surface area contributed by atoms with Crippen molar-refractivity contribution in [2.24, 2.45) is 0 Å². The highest BCUT2D eigenvalue weighted by atomic mass is 16.5. The number of rotatable bonds is 5. The summed E-state index contributed by atoms with van der Waals surface area (Å²) in [7, 11) is 0. The maximum Gasteiger partial charge on any atom is 0.343 e. The molecule has 0 atom stereocenters. The van der Waals surface area contributed by atoms with Gasteiger partial charge in [-0.15, -0.1) is 0 Å². The molecule has 155 valence electrons. The molecule has 0 fully saturated rings. The molecule has 2 aromatic rings. The van der Waals surface area contributed by atoms with Crippen LogP contribution < -0.4 is 10.5 Å². The number of nitrogens with zero attached hydrogens (tertiary/aromatic N) is 3. The van der Waals surface area contributed by atoms with Gasteiger partial charge in [-0.25, -0.2) is 4.79 Å². The molecule has 0 unspecified atom stereocenters. The van der Waals surface area contributed by atoms with E-state index in [0.717, 1.165) is 24.2 Å². The fraction of sp³-hybridized carbons (Fsp3) is 0.455. The summed E-state index contributed by atoms with van der Waals surface area (Å²) in [6, 6.07) is 7.45. The molecule has 0 spiro atoms. The monoisotopic (exact) mass is 398 g/mol. The highest BCUT2D eigenvalue weighted by molar-refractivity contribution is 5.94. The van der Waals surface area contributed by atoms with E-state index in [0.29, 0.717) is 15.4 Å². The van der Waals surface area contributed by atoms with Crippen molar-refractivity contribution in [3.63, 3.8) is 0 Å². The van der Waals surface area contributed by atoms with Crippen molar-refractivity contribution in [2.45, 2.75) is 52.6 Å². The summed E-state index contributed by atoms with van der Waals surface area (Å²) in [5, 5.41) is 26.7. The zero-order chi connectivity index (χ0) is 21.6. The van der Waals surface area contributed by atoms with Crippen LogP contribution in [0.4, 0.5) is 5.69 Å². The van der Waals surface area contributed by atoms with Crippen molar-refractivity contribution in [1.29, 1.82) is 0 Å². The van der Waals surface area contributed by atoms with Crippen LogP contribution in [0.2, 0.25) is 0 Å². The molecule has 1 radical (unpaired) electrons. The van der Waals surface area contributed by atoms with Crippen molar-refractivity contribution >= 4 is 28.6 Å². The second-order valence-electron chi connectivity index (χ2n) is 8.28.